The van der Waals surface area contributed by atoms with Crippen molar-refractivity contribution < 1.29 is 24.3 Å². The predicted molar refractivity (Wildman–Crippen MR) is 147 cm³/mol. The number of rotatable bonds is 18. The number of carboxylic acid groups (broad SMARTS) is 1. The summed E-state index contributed by atoms with van der Waals surface area (Å²) in [7, 11) is 0. The van der Waals surface area contributed by atoms with Gasteiger partial charge in [0.25, 0.3) is 0 Å². The number of thiol groups is 1. The molecule has 18 heteroatoms. The molecule has 0 bridgehead atoms. The normalized spacial score (nSPS) is 13.7. The number of guanidine groups is 2. The number of nitrogens with two attached hydrogens (primary N) is 5. The van der Waals surface area contributed by atoms with E-state index in [1.807, 2.05) is 0 Å². The van der Waals surface area contributed by atoms with E-state index < -0.39 is 47.9 Å². The van der Waals surface area contributed by atoms with Crippen LogP contribution < -0.4 is 44.6 Å². The maximum absolute atomic E-state index is 13.0. The summed E-state index contributed by atoms with van der Waals surface area (Å²) in [5, 5.41) is 17.0. The Balaban J connectivity index is 2.87. The summed E-state index contributed by atoms with van der Waals surface area (Å²) in [6.07, 6.45) is 3.80. The minimum atomic E-state index is -1.30. The van der Waals surface area contributed by atoms with Crippen molar-refractivity contribution in [2.75, 3.05) is 18.8 Å². The lowest BCUT2D eigenvalue weighted by atomic mass is 10.1. The first-order chi connectivity index (χ1) is 18.4. The number of imidazole rings is 1. The number of aromatic nitrogens is 2. The zero-order chi connectivity index (χ0) is 29.4. The van der Waals surface area contributed by atoms with E-state index in [0.29, 0.717) is 12.1 Å². The lowest BCUT2D eigenvalue weighted by Crippen LogP contribution is -2.57. The largest absolute Gasteiger partial charge is 0.480 e. The van der Waals surface area contributed by atoms with E-state index in [4.69, 9.17) is 28.7 Å². The molecule has 4 atom stereocenters. The van der Waals surface area contributed by atoms with E-state index in [2.05, 4.69) is 48.5 Å². The van der Waals surface area contributed by atoms with Crippen LogP contribution in [0.25, 0.3) is 0 Å². The Morgan fingerprint density at radius 1 is 0.897 bits per heavy atom. The van der Waals surface area contributed by atoms with E-state index in [9.17, 15) is 24.3 Å². The second kappa shape index (κ2) is 17.4. The van der Waals surface area contributed by atoms with Crippen LogP contribution in [-0.2, 0) is 25.6 Å². The quantitative estimate of drug-likeness (QED) is 0.0348. The van der Waals surface area contributed by atoms with Gasteiger partial charge in [-0.15, -0.1) is 0 Å². The number of nitrogens with zero attached hydrogens (tertiary/aromatic N) is 3. The van der Waals surface area contributed by atoms with Crippen molar-refractivity contribution in [1.29, 1.82) is 0 Å². The van der Waals surface area contributed by atoms with Crippen molar-refractivity contribution in [3.05, 3.63) is 18.2 Å². The molecule has 0 aliphatic rings. The van der Waals surface area contributed by atoms with Crippen LogP contribution in [0.5, 0.6) is 0 Å². The molecule has 1 rings (SSSR count). The maximum Gasteiger partial charge on any atom is 0.326 e. The van der Waals surface area contributed by atoms with E-state index in [1.54, 1.807) is 0 Å². The SMILES string of the molecule is NC(N)=NCCCC(N)C(=O)NC(CS)C(=O)NC(CCCN=C(N)N)C(=O)NC(Cc1cnc[nH]1)C(=O)O. The van der Waals surface area contributed by atoms with E-state index in [-0.39, 0.29) is 56.4 Å². The second-order valence-corrected chi connectivity index (χ2v) is 8.85. The number of carbonyl (C=O) groups excluding carboxylic acids is 3. The molecule has 0 fully saturated rings. The number of aliphatic imine (C=N–C) groups is 2. The molecule has 17 nitrogen and oxygen atoms in total. The van der Waals surface area contributed by atoms with Gasteiger partial charge in [0.15, 0.2) is 11.9 Å². The van der Waals surface area contributed by atoms with Gasteiger partial charge in [-0.2, -0.15) is 12.6 Å². The third-order valence-corrected chi connectivity index (χ3v) is 5.66. The zero-order valence-electron chi connectivity index (χ0n) is 21.4. The van der Waals surface area contributed by atoms with Gasteiger partial charge in [-0.05, 0) is 25.7 Å². The first kappa shape index (κ1) is 33.0. The predicted octanol–water partition coefficient (Wildman–Crippen LogP) is -4.14. The number of nitrogens with one attached hydrogen (secondary N) is 4. The van der Waals surface area contributed by atoms with Crippen LogP contribution in [0.15, 0.2) is 22.5 Å². The highest BCUT2D eigenvalue weighted by Gasteiger charge is 2.30. The summed E-state index contributed by atoms with van der Waals surface area (Å²) in [6, 6.07) is -4.53. The summed E-state index contributed by atoms with van der Waals surface area (Å²) < 4.78 is 0. The smallest absolute Gasteiger partial charge is 0.326 e. The first-order valence-corrected chi connectivity index (χ1v) is 12.7. The Bertz CT molecular complexity index is 995. The standard InChI is InChI=1S/C21H38N12O5S/c22-12(3-1-5-28-20(23)24)16(34)33-15(9-39)18(36)31-13(4-2-6-29-21(25)26)17(35)32-14(19(37)38)7-11-8-27-10-30-11/h8,10,12-15,39H,1-7,9,22H2,(H,27,30)(H,31,36)(H,32,35)(H,33,34)(H,37,38)(H4,23,24,28)(H4,25,26,29). The van der Waals surface area contributed by atoms with Crippen LogP contribution in [0.4, 0.5) is 0 Å². The van der Waals surface area contributed by atoms with Gasteiger partial charge in [0.05, 0.1) is 12.4 Å². The molecule has 3 amide bonds. The number of amides is 3. The van der Waals surface area contributed by atoms with Gasteiger partial charge in [-0.1, -0.05) is 0 Å². The topological polar surface area (TPSA) is 308 Å². The fourth-order valence-electron chi connectivity index (χ4n) is 3.26. The maximum atomic E-state index is 13.0. The summed E-state index contributed by atoms with van der Waals surface area (Å²) in [5.41, 5.74) is 27.5. The van der Waals surface area contributed by atoms with Crippen molar-refractivity contribution in [3.63, 3.8) is 0 Å². The van der Waals surface area contributed by atoms with Crippen molar-refractivity contribution >= 4 is 48.2 Å². The number of carbonyl (C=O) groups is 4. The lowest BCUT2D eigenvalue weighted by Gasteiger charge is -2.24. The molecule has 218 valence electrons. The van der Waals surface area contributed by atoms with Gasteiger partial charge in [0.2, 0.25) is 17.7 Å². The van der Waals surface area contributed by atoms with Crippen molar-refractivity contribution in [2.24, 2.45) is 38.7 Å². The number of hydrogen-bond donors (Lipinski definition) is 11. The summed E-state index contributed by atoms with van der Waals surface area (Å²) in [5.74, 6) is -3.66. The summed E-state index contributed by atoms with van der Waals surface area (Å²) in [4.78, 5) is 64.5. The molecule has 0 aromatic carbocycles. The number of hydrogen-bond acceptors (Lipinski definition) is 9. The third kappa shape index (κ3) is 13.3. The van der Waals surface area contributed by atoms with Gasteiger partial charge in [0.1, 0.15) is 18.1 Å². The Hall–Kier alpha value is -4.06. The molecule has 39 heavy (non-hydrogen) atoms. The minimum Gasteiger partial charge on any atom is -0.480 e. The summed E-state index contributed by atoms with van der Waals surface area (Å²) >= 11 is 4.13. The van der Waals surface area contributed by atoms with Crippen LogP contribution >= 0.6 is 12.6 Å². The number of H-pyrrole nitrogens is 1. The fraction of sp³-hybridized carbons (Fsp3) is 0.571. The molecule has 0 saturated carbocycles. The first-order valence-electron chi connectivity index (χ1n) is 12.0. The highest BCUT2D eigenvalue weighted by molar-refractivity contribution is 7.80. The number of carboxylic acids is 1. The average Bonchev–Trinajstić information content (AvgIpc) is 3.38. The van der Waals surface area contributed by atoms with E-state index in [0.717, 1.165) is 0 Å². The van der Waals surface area contributed by atoms with Gasteiger partial charge >= 0.3 is 5.97 Å². The highest BCUT2D eigenvalue weighted by atomic mass is 32.1. The van der Waals surface area contributed by atoms with Crippen molar-refractivity contribution in [2.45, 2.75) is 56.3 Å². The zero-order valence-corrected chi connectivity index (χ0v) is 22.3. The van der Waals surface area contributed by atoms with Crippen LogP contribution in [0, 0.1) is 0 Å². The van der Waals surface area contributed by atoms with Gasteiger partial charge in [-0.3, -0.25) is 24.4 Å². The van der Waals surface area contributed by atoms with Crippen LogP contribution in [0.1, 0.15) is 31.4 Å². The van der Waals surface area contributed by atoms with Gasteiger partial charge in [-0.25, -0.2) is 9.78 Å². The second-order valence-electron chi connectivity index (χ2n) is 8.49. The number of aliphatic carboxylic acids is 1. The molecule has 1 heterocycles. The van der Waals surface area contributed by atoms with Gasteiger partial charge in [0, 0.05) is 37.2 Å². The van der Waals surface area contributed by atoms with Gasteiger partial charge < -0.3 is 54.7 Å². The van der Waals surface area contributed by atoms with E-state index >= 15 is 0 Å². The molecule has 0 spiro atoms. The lowest BCUT2D eigenvalue weighted by molar-refractivity contribution is -0.142. The fourth-order valence-corrected chi connectivity index (χ4v) is 3.51. The Kier molecular flexibility index (Phi) is 14.8. The molecule has 1 aromatic rings. The monoisotopic (exact) mass is 570 g/mol. The third-order valence-electron chi connectivity index (χ3n) is 5.29. The summed E-state index contributed by atoms with van der Waals surface area (Å²) in [6.45, 7) is 0.452. The minimum absolute atomic E-state index is 0.0634. The molecule has 0 radical (unpaired) electrons. The highest BCUT2D eigenvalue weighted by Crippen LogP contribution is 2.05. The molecule has 0 saturated heterocycles. The molecule has 0 aliphatic heterocycles. The van der Waals surface area contributed by atoms with E-state index in [1.165, 1.54) is 12.5 Å². The van der Waals surface area contributed by atoms with Crippen LogP contribution in [0.3, 0.4) is 0 Å². The molecule has 4 unspecified atom stereocenters. The van der Waals surface area contributed by atoms with Crippen molar-refractivity contribution in [1.82, 2.24) is 25.9 Å². The molecule has 0 aliphatic carbocycles. The Morgan fingerprint density at radius 3 is 1.95 bits per heavy atom. The Morgan fingerprint density at radius 2 is 1.44 bits per heavy atom. The van der Waals surface area contributed by atoms with Crippen LogP contribution in [-0.4, -0.2) is 93.7 Å². The molecule has 15 N–H and O–H groups in total. The van der Waals surface area contributed by atoms with Crippen molar-refractivity contribution in [3.8, 4) is 0 Å². The number of aromatic amines is 1. The molecular formula is C21H38N12O5S. The average molecular weight is 571 g/mol. The molecule has 1 aromatic heterocycles. The molecular weight excluding hydrogens is 532 g/mol. The van der Waals surface area contributed by atoms with Crippen LogP contribution in [0.2, 0.25) is 0 Å². The Labute approximate surface area is 230 Å².